The summed E-state index contributed by atoms with van der Waals surface area (Å²) in [6.07, 6.45) is 8.30. The Hall–Kier alpha value is -5.94. The molecule has 4 aromatic rings. The predicted octanol–water partition coefficient (Wildman–Crippen LogP) is 7.34. The molecule has 14 nitrogen and oxygen atoms in total. The van der Waals surface area contributed by atoms with Crippen molar-refractivity contribution in [1.29, 1.82) is 0 Å². The molecule has 4 aliphatic rings. The number of amides is 2. The fourth-order valence-electron chi connectivity index (χ4n) is 10.0. The van der Waals surface area contributed by atoms with Gasteiger partial charge in [0.05, 0.1) is 13.2 Å². The van der Waals surface area contributed by atoms with Crippen molar-refractivity contribution in [2.75, 3.05) is 97.7 Å². The van der Waals surface area contributed by atoms with E-state index in [1.807, 2.05) is 97.1 Å². The molecule has 358 valence electrons. The van der Waals surface area contributed by atoms with Gasteiger partial charge in [0, 0.05) is 96.5 Å². The van der Waals surface area contributed by atoms with E-state index in [1.165, 1.54) is 0 Å². The highest BCUT2D eigenvalue weighted by molar-refractivity contribution is 8.76. The van der Waals surface area contributed by atoms with E-state index in [0.717, 1.165) is 58.1 Å². The summed E-state index contributed by atoms with van der Waals surface area (Å²) in [7, 11) is 6.81. The van der Waals surface area contributed by atoms with Crippen LogP contribution < -0.4 is 30.2 Å². The molecule has 4 aromatic carbocycles. The third kappa shape index (κ3) is 9.18. The third-order valence-electron chi connectivity index (χ3n) is 13.8. The van der Waals surface area contributed by atoms with Crippen LogP contribution in [0.25, 0.3) is 12.2 Å². The zero-order valence-electron chi connectivity index (χ0n) is 39.4. The van der Waals surface area contributed by atoms with Crippen LogP contribution >= 0.6 is 21.6 Å². The minimum Gasteiger partial charge on any atom is -0.480 e. The summed E-state index contributed by atoms with van der Waals surface area (Å²) < 4.78 is 13.1. The lowest BCUT2D eigenvalue weighted by molar-refractivity contribution is -0.136. The summed E-state index contributed by atoms with van der Waals surface area (Å²) in [5.41, 5.74) is 6.57. The van der Waals surface area contributed by atoms with Crippen LogP contribution in [0.3, 0.4) is 0 Å². The number of likely N-dealkylation sites (N-methyl/N-ethyl adjacent to an activating group) is 2. The molecule has 16 heteroatoms. The van der Waals surface area contributed by atoms with E-state index >= 15 is 0 Å². The van der Waals surface area contributed by atoms with Crippen LogP contribution in [0.4, 0.5) is 22.7 Å². The smallest absolute Gasteiger partial charge is 0.323 e. The van der Waals surface area contributed by atoms with Crippen LogP contribution in [-0.4, -0.2) is 123 Å². The first-order chi connectivity index (χ1) is 32.5. The van der Waals surface area contributed by atoms with Crippen molar-refractivity contribution in [3.05, 3.63) is 130 Å². The molecule has 68 heavy (non-hydrogen) atoms. The van der Waals surface area contributed by atoms with Gasteiger partial charge in [0.25, 0.3) is 11.8 Å². The quantitative estimate of drug-likeness (QED) is 0.0545. The Kier molecular flexibility index (Phi) is 14.0. The molecule has 0 aromatic heterocycles. The summed E-state index contributed by atoms with van der Waals surface area (Å²) in [5.74, 6) is -0.621. The SMILES string of the molecule is CN(CC(=O)O)c1ccc(/C=C/C23OCCN2c2ccc(C(=O)NCCSSCCNC(=O)c4ccc5c(c4)C(C)(C)C4(/C=C/c6ccc(N(C)CC(=O)O)cc6)OCCN54)cc2C3(C)C)cc1. The van der Waals surface area contributed by atoms with Crippen molar-refractivity contribution in [2.24, 2.45) is 0 Å². The van der Waals surface area contributed by atoms with Gasteiger partial charge in [-0.1, -0.05) is 85.7 Å². The molecule has 2 saturated heterocycles. The Balaban J connectivity index is 0.795. The molecule has 0 aliphatic carbocycles. The lowest BCUT2D eigenvalue weighted by Gasteiger charge is -2.39. The van der Waals surface area contributed by atoms with Gasteiger partial charge in [-0.3, -0.25) is 19.2 Å². The second-order valence-electron chi connectivity index (χ2n) is 18.6. The molecule has 4 N–H and O–H groups in total. The number of hydrogen-bond acceptors (Lipinski definition) is 12. The van der Waals surface area contributed by atoms with Crippen LogP contribution in [-0.2, 0) is 29.9 Å². The minimum atomic E-state index is -0.884. The number of carbonyl (C=O) groups excluding carboxylic acids is 2. The van der Waals surface area contributed by atoms with Gasteiger partial charge in [-0.2, -0.15) is 0 Å². The average molecular weight is 961 g/mol. The van der Waals surface area contributed by atoms with E-state index in [1.54, 1.807) is 45.5 Å². The highest BCUT2D eigenvalue weighted by Crippen LogP contribution is 2.56. The van der Waals surface area contributed by atoms with Gasteiger partial charge >= 0.3 is 11.9 Å². The van der Waals surface area contributed by atoms with E-state index in [9.17, 15) is 19.2 Å². The number of nitrogens with one attached hydrogen (secondary N) is 2. The first kappa shape index (κ1) is 48.5. The second kappa shape index (κ2) is 19.6. The highest BCUT2D eigenvalue weighted by Gasteiger charge is 2.60. The average Bonchev–Trinajstić information content (AvgIpc) is 4.04. The summed E-state index contributed by atoms with van der Waals surface area (Å²) in [5, 5.41) is 24.5. The third-order valence-corrected chi connectivity index (χ3v) is 16.2. The van der Waals surface area contributed by atoms with Crippen molar-refractivity contribution in [3.63, 3.8) is 0 Å². The number of anilines is 4. The summed E-state index contributed by atoms with van der Waals surface area (Å²) >= 11 is 0. The van der Waals surface area contributed by atoms with Gasteiger partial charge in [-0.05, 0) is 95.1 Å². The first-order valence-corrected chi connectivity index (χ1v) is 25.3. The maximum Gasteiger partial charge on any atom is 0.323 e. The zero-order chi connectivity index (χ0) is 48.4. The lowest BCUT2D eigenvalue weighted by atomic mass is 9.77. The number of carbonyl (C=O) groups is 4. The number of benzene rings is 4. The normalized spacial score (nSPS) is 20.6. The van der Waals surface area contributed by atoms with E-state index < -0.39 is 34.2 Å². The van der Waals surface area contributed by atoms with Crippen LogP contribution in [0.15, 0.2) is 97.1 Å². The number of hydrogen-bond donors (Lipinski definition) is 4. The minimum absolute atomic E-state index is 0.0799. The summed E-state index contributed by atoms with van der Waals surface area (Å²) in [4.78, 5) is 57.1. The number of nitrogens with zero attached hydrogens (tertiary/aromatic N) is 4. The molecule has 0 saturated carbocycles. The van der Waals surface area contributed by atoms with Gasteiger partial charge in [-0.15, -0.1) is 0 Å². The van der Waals surface area contributed by atoms with E-state index in [-0.39, 0.29) is 24.9 Å². The molecule has 2 unspecified atom stereocenters. The molecule has 4 aliphatic heterocycles. The van der Waals surface area contributed by atoms with Gasteiger partial charge in [0.2, 0.25) is 0 Å². The van der Waals surface area contributed by atoms with Crippen molar-refractivity contribution >= 4 is 80.2 Å². The molecular formula is C52H60N6O8S2. The standard InChI is InChI=1S/C52H60N6O8S2/c1-49(2)41-31-37(11-17-43(41)57-25-27-65-51(49,57)21-19-35-7-13-39(14-8-35)55(5)33-45(59)60)47(63)53-23-29-67-68-30-24-54-48(64)38-12-18-44-42(32-38)50(3,4)52(58(44)26-28-66-52)22-20-36-9-15-40(16-10-36)56(6)34-46(61)62/h7-22,31-32H,23-30,33-34H2,1-6H3,(H,53,63)(H,54,64)(H,59,60)(H,61,62)/b21-19+,22-20+. The van der Waals surface area contributed by atoms with E-state index in [0.29, 0.717) is 48.9 Å². The Labute approximate surface area is 406 Å². The Morgan fingerprint density at radius 2 is 1.00 bits per heavy atom. The topological polar surface area (TPSA) is 164 Å². The van der Waals surface area contributed by atoms with Crippen LogP contribution in [0.2, 0.25) is 0 Å². The maximum atomic E-state index is 13.4. The molecule has 2 amide bonds. The molecule has 4 heterocycles. The Bertz CT molecular complexity index is 2440. The summed E-state index contributed by atoms with van der Waals surface area (Å²) in [6, 6.07) is 27.3. The monoisotopic (exact) mass is 960 g/mol. The molecule has 0 radical (unpaired) electrons. The van der Waals surface area contributed by atoms with Crippen LogP contribution in [0, 0.1) is 0 Å². The molecular weight excluding hydrogens is 901 g/mol. The highest BCUT2D eigenvalue weighted by atomic mass is 33.1. The van der Waals surface area contributed by atoms with Gasteiger partial charge < -0.3 is 49.9 Å². The predicted molar refractivity (Wildman–Crippen MR) is 273 cm³/mol. The molecule has 0 bridgehead atoms. The zero-order valence-corrected chi connectivity index (χ0v) is 41.0. The van der Waals surface area contributed by atoms with Crippen LogP contribution in [0.1, 0.15) is 70.7 Å². The van der Waals surface area contributed by atoms with Crippen molar-refractivity contribution in [2.45, 2.75) is 50.0 Å². The second-order valence-corrected chi connectivity index (χ2v) is 21.3. The largest absolute Gasteiger partial charge is 0.480 e. The van der Waals surface area contributed by atoms with E-state index in [4.69, 9.17) is 19.7 Å². The van der Waals surface area contributed by atoms with Gasteiger partial charge in [0.1, 0.15) is 13.1 Å². The Morgan fingerprint density at radius 3 is 1.37 bits per heavy atom. The first-order valence-electron chi connectivity index (χ1n) is 22.8. The van der Waals surface area contributed by atoms with Crippen molar-refractivity contribution in [1.82, 2.24) is 10.6 Å². The van der Waals surface area contributed by atoms with Crippen molar-refractivity contribution < 1.29 is 38.9 Å². The molecule has 0 spiro atoms. The molecule has 8 rings (SSSR count). The van der Waals surface area contributed by atoms with Crippen molar-refractivity contribution in [3.8, 4) is 0 Å². The number of carboxylic acid groups (broad SMARTS) is 2. The van der Waals surface area contributed by atoms with E-state index in [2.05, 4.69) is 60.3 Å². The molecule has 2 fully saturated rings. The number of ether oxygens (including phenoxy) is 2. The Morgan fingerprint density at radius 1 is 0.618 bits per heavy atom. The fraction of sp³-hybridized carbons (Fsp3) is 0.385. The van der Waals surface area contributed by atoms with Crippen LogP contribution in [0.5, 0.6) is 0 Å². The maximum absolute atomic E-state index is 13.4. The fourth-order valence-corrected chi connectivity index (χ4v) is 11.8. The molecule has 2 atom stereocenters. The van der Waals surface area contributed by atoms with Gasteiger partial charge in [-0.25, -0.2) is 0 Å². The number of carboxylic acids is 2. The summed E-state index contributed by atoms with van der Waals surface area (Å²) in [6.45, 7) is 12.1. The van der Waals surface area contributed by atoms with Gasteiger partial charge in [0.15, 0.2) is 11.4 Å². The number of fused-ring (bicyclic) bond motifs is 6. The lowest BCUT2D eigenvalue weighted by Crippen LogP contribution is -2.51. The number of aliphatic carboxylic acids is 2. The number of rotatable bonds is 19.